The molecule has 2 aromatic heterocycles. The quantitative estimate of drug-likeness (QED) is 0.694. The number of nitrogens with zero attached hydrogens (tertiary/aromatic N) is 2. The normalized spacial score (nSPS) is 21.6. The van der Waals surface area contributed by atoms with Crippen molar-refractivity contribution >= 4 is 11.0 Å². The van der Waals surface area contributed by atoms with Gasteiger partial charge in [-0.1, -0.05) is 6.07 Å². The summed E-state index contributed by atoms with van der Waals surface area (Å²) in [5.74, 6) is 0.893. The van der Waals surface area contributed by atoms with E-state index in [-0.39, 0.29) is 11.3 Å². The topological polar surface area (TPSA) is 75.7 Å². The van der Waals surface area contributed by atoms with Crippen molar-refractivity contribution in [3.05, 3.63) is 74.0 Å². The fourth-order valence-corrected chi connectivity index (χ4v) is 4.91. The molecule has 2 aliphatic heterocycles. The highest BCUT2D eigenvalue weighted by molar-refractivity contribution is 5.84. The van der Waals surface area contributed by atoms with Crippen molar-refractivity contribution in [1.29, 1.82) is 0 Å². The van der Waals surface area contributed by atoms with Crippen LogP contribution in [0.15, 0.2) is 50.4 Å². The van der Waals surface area contributed by atoms with E-state index in [1.54, 1.807) is 25.1 Å². The van der Waals surface area contributed by atoms with Crippen LogP contribution in [0.5, 0.6) is 5.75 Å². The number of benzene rings is 1. The van der Waals surface area contributed by atoms with E-state index in [1.165, 1.54) is 0 Å². The van der Waals surface area contributed by atoms with Crippen LogP contribution in [0.3, 0.4) is 0 Å². The molecule has 2 aliphatic rings. The summed E-state index contributed by atoms with van der Waals surface area (Å²) in [6.45, 7) is 4.92. The third kappa shape index (κ3) is 2.76. The molecule has 28 heavy (non-hydrogen) atoms. The Bertz CT molecular complexity index is 1190. The van der Waals surface area contributed by atoms with Crippen LogP contribution >= 0.6 is 0 Å². The number of phenols is 1. The maximum atomic E-state index is 12.2. The lowest BCUT2D eigenvalue weighted by molar-refractivity contribution is 0.114. The van der Waals surface area contributed by atoms with Crippen LogP contribution < -0.4 is 11.2 Å². The van der Waals surface area contributed by atoms with Crippen LogP contribution in [-0.2, 0) is 13.1 Å². The first-order chi connectivity index (χ1) is 13.5. The number of hydrogen-bond donors (Lipinski definition) is 1. The zero-order valence-corrected chi connectivity index (χ0v) is 15.7. The second-order valence-corrected chi connectivity index (χ2v) is 8.07. The van der Waals surface area contributed by atoms with Gasteiger partial charge >= 0.3 is 5.63 Å². The van der Waals surface area contributed by atoms with Crippen molar-refractivity contribution in [2.45, 2.75) is 32.4 Å². The summed E-state index contributed by atoms with van der Waals surface area (Å²) in [5, 5.41) is 10.8. The van der Waals surface area contributed by atoms with E-state index >= 15 is 0 Å². The summed E-state index contributed by atoms with van der Waals surface area (Å²) < 4.78 is 7.29. The van der Waals surface area contributed by atoms with Crippen LogP contribution in [0.2, 0.25) is 0 Å². The number of piperidine rings is 1. The van der Waals surface area contributed by atoms with Crippen molar-refractivity contribution in [3.8, 4) is 5.75 Å². The number of aryl methyl sites for hydroxylation is 1. The average Bonchev–Trinajstić information content (AvgIpc) is 2.66. The summed E-state index contributed by atoms with van der Waals surface area (Å²) in [6.07, 6.45) is 1.10. The Labute approximate surface area is 161 Å². The van der Waals surface area contributed by atoms with Gasteiger partial charge in [-0.05, 0) is 43.0 Å². The van der Waals surface area contributed by atoms with Crippen molar-refractivity contribution in [2.75, 3.05) is 13.1 Å². The van der Waals surface area contributed by atoms with Crippen molar-refractivity contribution in [3.63, 3.8) is 0 Å². The van der Waals surface area contributed by atoms with E-state index in [9.17, 15) is 14.7 Å². The molecule has 5 rings (SSSR count). The van der Waals surface area contributed by atoms with Crippen molar-refractivity contribution < 1.29 is 9.52 Å². The summed E-state index contributed by atoms with van der Waals surface area (Å²) in [5.41, 5.74) is 2.76. The maximum absolute atomic E-state index is 12.2. The molecule has 4 heterocycles. The minimum atomic E-state index is -0.398. The van der Waals surface area contributed by atoms with Gasteiger partial charge in [0.15, 0.2) is 0 Å². The highest BCUT2D eigenvalue weighted by Gasteiger charge is 2.34. The van der Waals surface area contributed by atoms with Crippen molar-refractivity contribution in [2.24, 2.45) is 5.92 Å². The molecule has 2 bridgehead atoms. The van der Waals surface area contributed by atoms with Crippen LogP contribution in [0, 0.1) is 12.8 Å². The van der Waals surface area contributed by atoms with Crippen molar-refractivity contribution in [1.82, 2.24) is 9.47 Å². The number of pyridine rings is 1. The first kappa shape index (κ1) is 17.3. The predicted octanol–water partition coefficient (Wildman–Crippen LogP) is 2.59. The van der Waals surface area contributed by atoms with Gasteiger partial charge in [-0.3, -0.25) is 9.69 Å². The highest BCUT2D eigenvalue weighted by Crippen LogP contribution is 2.36. The number of aromatic nitrogens is 1. The fraction of sp³-hybridized carbons (Fsp3) is 0.364. The fourth-order valence-electron chi connectivity index (χ4n) is 4.91. The molecule has 2 atom stereocenters. The summed E-state index contributed by atoms with van der Waals surface area (Å²) in [6, 6.07) is 10.6. The smallest absolute Gasteiger partial charge is 0.336 e. The molecular weight excluding hydrogens is 356 g/mol. The molecule has 1 saturated heterocycles. The van der Waals surface area contributed by atoms with Gasteiger partial charge < -0.3 is 14.1 Å². The third-order valence-electron chi connectivity index (χ3n) is 6.17. The molecular formula is C22H22N2O4. The van der Waals surface area contributed by atoms with Gasteiger partial charge in [0.05, 0.1) is 0 Å². The molecule has 6 heteroatoms. The summed E-state index contributed by atoms with van der Waals surface area (Å²) in [4.78, 5) is 26.7. The van der Waals surface area contributed by atoms with Gasteiger partial charge in [-0.15, -0.1) is 0 Å². The molecule has 1 aromatic carbocycles. The maximum Gasteiger partial charge on any atom is 0.336 e. The Balaban J connectivity index is 1.49. The van der Waals surface area contributed by atoms with E-state index < -0.39 is 5.63 Å². The van der Waals surface area contributed by atoms with E-state index in [4.69, 9.17) is 4.42 Å². The molecule has 144 valence electrons. The SMILES string of the molecule is Cc1c(O)ccc2c(CN3CC4CC(C3)c3cccc(=O)n3C4)cc(=O)oc12. The lowest BCUT2D eigenvalue weighted by atomic mass is 9.83. The largest absolute Gasteiger partial charge is 0.508 e. The van der Waals surface area contributed by atoms with Gasteiger partial charge in [-0.25, -0.2) is 4.79 Å². The van der Waals surface area contributed by atoms with E-state index in [0.717, 1.165) is 42.7 Å². The second kappa shape index (κ2) is 6.34. The number of hydrogen-bond acceptors (Lipinski definition) is 5. The molecule has 1 N–H and O–H groups in total. The van der Waals surface area contributed by atoms with Crippen LogP contribution in [0.1, 0.15) is 29.2 Å². The molecule has 6 nitrogen and oxygen atoms in total. The lowest BCUT2D eigenvalue weighted by Gasteiger charge is -2.42. The molecule has 1 fully saturated rings. The minimum Gasteiger partial charge on any atom is -0.508 e. The Morgan fingerprint density at radius 2 is 2.00 bits per heavy atom. The third-order valence-corrected chi connectivity index (χ3v) is 6.17. The molecule has 2 unspecified atom stereocenters. The van der Waals surface area contributed by atoms with Gasteiger partial charge in [0.1, 0.15) is 11.3 Å². The second-order valence-electron chi connectivity index (χ2n) is 8.07. The van der Waals surface area contributed by atoms with E-state index in [1.807, 2.05) is 16.7 Å². The Kier molecular flexibility index (Phi) is 3.91. The summed E-state index contributed by atoms with van der Waals surface area (Å²) >= 11 is 0. The monoisotopic (exact) mass is 378 g/mol. The molecule has 0 radical (unpaired) electrons. The zero-order chi connectivity index (χ0) is 19.4. The Morgan fingerprint density at radius 3 is 2.86 bits per heavy atom. The van der Waals surface area contributed by atoms with E-state index in [2.05, 4.69) is 11.0 Å². The van der Waals surface area contributed by atoms with E-state index in [0.29, 0.717) is 29.5 Å². The van der Waals surface area contributed by atoms with Gasteiger partial charge in [0.2, 0.25) is 0 Å². The molecule has 0 aliphatic carbocycles. The molecule has 0 saturated carbocycles. The predicted molar refractivity (Wildman–Crippen MR) is 106 cm³/mol. The van der Waals surface area contributed by atoms with Gasteiger partial charge in [0, 0.05) is 60.9 Å². The summed E-state index contributed by atoms with van der Waals surface area (Å²) in [7, 11) is 0. The Morgan fingerprint density at radius 1 is 1.14 bits per heavy atom. The first-order valence-electron chi connectivity index (χ1n) is 9.67. The number of rotatable bonds is 2. The highest BCUT2D eigenvalue weighted by atomic mass is 16.4. The van der Waals surface area contributed by atoms with Crippen LogP contribution in [0.25, 0.3) is 11.0 Å². The number of likely N-dealkylation sites (tertiary alicyclic amines) is 1. The number of fused-ring (bicyclic) bond motifs is 5. The average molecular weight is 378 g/mol. The minimum absolute atomic E-state index is 0.0857. The van der Waals surface area contributed by atoms with Crippen LogP contribution in [-0.4, -0.2) is 27.7 Å². The first-order valence-corrected chi connectivity index (χ1v) is 9.67. The molecule has 0 amide bonds. The Hall–Kier alpha value is -2.86. The number of aromatic hydroxyl groups is 1. The number of phenolic OH excluding ortho intramolecular Hbond substituents is 1. The lowest BCUT2D eigenvalue weighted by Crippen LogP contribution is -2.46. The van der Waals surface area contributed by atoms with Gasteiger partial charge in [0.25, 0.3) is 5.56 Å². The standard InChI is InChI=1S/C22H22N2O4/c1-13-19(25)6-5-17-15(8-21(27)28-22(13)17)11-23-9-14-7-16(12-23)18-3-2-4-20(26)24(18)10-14/h2-6,8,14,16,25H,7,9-12H2,1H3. The molecule has 3 aromatic rings. The zero-order valence-electron chi connectivity index (χ0n) is 15.7. The van der Waals surface area contributed by atoms with Crippen LogP contribution in [0.4, 0.5) is 0 Å². The van der Waals surface area contributed by atoms with Gasteiger partial charge in [-0.2, -0.15) is 0 Å². The molecule has 0 spiro atoms.